The van der Waals surface area contributed by atoms with Crippen molar-refractivity contribution in [3.05, 3.63) is 0 Å². The third kappa shape index (κ3) is 13.5. The van der Waals surface area contributed by atoms with Gasteiger partial charge in [0.1, 0.15) is 0 Å². The lowest BCUT2D eigenvalue weighted by Gasteiger charge is -2.28. The van der Waals surface area contributed by atoms with Gasteiger partial charge in [-0.1, -0.05) is 111 Å². The Morgan fingerprint density at radius 2 is 1.06 bits per heavy atom. The lowest BCUT2D eigenvalue weighted by atomic mass is 9.82. The van der Waals surface area contributed by atoms with Crippen LogP contribution in [0, 0.1) is 5.41 Å². The third-order valence-electron chi connectivity index (χ3n) is 6.74. The predicted octanol–water partition coefficient (Wildman–Crippen LogP) is 8.55. The van der Waals surface area contributed by atoms with Crippen LogP contribution in [0.3, 0.4) is 0 Å². The highest BCUT2D eigenvalue weighted by Crippen LogP contribution is 2.31. The van der Waals surface area contributed by atoms with Crippen LogP contribution in [0.2, 0.25) is 0 Å². The van der Waals surface area contributed by atoms with Gasteiger partial charge in [-0.15, -0.1) is 0 Å². The number of rotatable bonds is 22. The van der Waals surface area contributed by atoms with E-state index >= 15 is 0 Å². The van der Waals surface area contributed by atoms with Gasteiger partial charge in [-0.25, -0.2) is 0 Å². The summed E-state index contributed by atoms with van der Waals surface area (Å²) in [5, 5.41) is 0. The average Bonchev–Trinajstić information content (AvgIpc) is 2.78. The van der Waals surface area contributed by atoms with E-state index in [1.54, 1.807) is 0 Å². The maximum Gasteiger partial charge on any atom is 0.323 e. The number of carbonyl (C=O) groups is 2. The van der Waals surface area contributed by atoms with Gasteiger partial charge in [-0.3, -0.25) is 9.59 Å². The normalized spacial score (nSPS) is 12.5. The molecule has 0 radical (unpaired) electrons. The Morgan fingerprint density at radius 1 is 0.625 bits per heavy atom. The number of hydrogen-bond acceptors (Lipinski definition) is 4. The fourth-order valence-electron chi connectivity index (χ4n) is 4.19. The molecular weight excluding hydrogens is 400 g/mol. The summed E-state index contributed by atoms with van der Waals surface area (Å²) < 4.78 is 11.2. The van der Waals surface area contributed by atoms with Gasteiger partial charge >= 0.3 is 11.9 Å². The van der Waals surface area contributed by atoms with Gasteiger partial charge in [0.05, 0.1) is 12.7 Å². The highest BCUT2D eigenvalue weighted by atomic mass is 16.6. The summed E-state index contributed by atoms with van der Waals surface area (Å²) in [7, 11) is 0. The molecule has 0 amide bonds. The molecule has 0 saturated carbocycles. The van der Waals surface area contributed by atoms with E-state index < -0.39 is 17.4 Å². The first-order valence-corrected chi connectivity index (χ1v) is 13.9. The number of ether oxygens (including phenoxy) is 2. The lowest BCUT2D eigenvalue weighted by Crippen LogP contribution is -2.42. The first kappa shape index (κ1) is 30.9. The molecule has 0 N–H and O–H groups in total. The van der Waals surface area contributed by atoms with Gasteiger partial charge in [0.15, 0.2) is 5.41 Å². The quantitative estimate of drug-likeness (QED) is 0.0934. The lowest BCUT2D eigenvalue weighted by molar-refractivity contribution is -0.176. The van der Waals surface area contributed by atoms with Crippen molar-refractivity contribution in [2.45, 2.75) is 156 Å². The molecular formula is C28H54O4. The molecule has 0 aromatic carbocycles. The molecule has 0 heterocycles. The summed E-state index contributed by atoms with van der Waals surface area (Å²) in [4.78, 5) is 25.7. The van der Waals surface area contributed by atoms with Crippen LogP contribution < -0.4 is 0 Å². The van der Waals surface area contributed by atoms with Gasteiger partial charge in [0, 0.05) is 0 Å². The molecule has 0 spiro atoms. The van der Waals surface area contributed by atoms with E-state index in [0.29, 0.717) is 19.4 Å². The molecule has 0 aromatic heterocycles. The summed E-state index contributed by atoms with van der Waals surface area (Å²) in [6, 6.07) is 0. The van der Waals surface area contributed by atoms with Crippen LogP contribution >= 0.6 is 0 Å². The molecule has 0 aromatic rings. The molecule has 0 bridgehead atoms. The number of unbranched alkanes of at least 4 members (excludes halogenated alkanes) is 13. The second-order valence-electron chi connectivity index (χ2n) is 9.53. The highest BCUT2D eigenvalue weighted by molar-refractivity contribution is 6.00. The number of esters is 2. The molecule has 0 aliphatic rings. The molecule has 1 atom stereocenters. The van der Waals surface area contributed by atoms with E-state index in [1.807, 2.05) is 20.8 Å². The Bertz CT molecular complexity index is 456. The van der Waals surface area contributed by atoms with Crippen LogP contribution in [0.1, 0.15) is 150 Å². The van der Waals surface area contributed by atoms with Gasteiger partial charge < -0.3 is 9.47 Å². The second-order valence-corrected chi connectivity index (χ2v) is 9.53. The van der Waals surface area contributed by atoms with Crippen molar-refractivity contribution in [3.8, 4) is 0 Å². The Kier molecular flexibility index (Phi) is 19.9. The Morgan fingerprint density at radius 3 is 1.53 bits per heavy atom. The van der Waals surface area contributed by atoms with Gasteiger partial charge in [0.25, 0.3) is 0 Å². The van der Waals surface area contributed by atoms with Gasteiger partial charge in [-0.2, -0.15) is 0 Å². The minimum Gasteiger partial charge on any atom is -0.465 e. The first-order valence-electron chi connectivity index (χ1n) is 13.9. The van der Waals surface area contributed by atoms with Crippen LogP contribution in [0.5, 0.6) is 0 Å². The standard InChI is InChI=1S/C28H54O4/c1-6-10-12-14-15-16-17-18-19-20-22-24-31-26(29)28(8-3,9-4)27(30)32-25(5)23-21-13-11-7-2/h25H,6-24H2,1-5H3. The Labute approximate surface area is 199 Å². The van der Waals surface area contributed by atoms with Crippen LogP contribution in [0.4, 0.5) is 0 Å². The van der Waals surface area contributed by atoms with Gasteiger partial charge in [0.2, 0.25) is 0 Å². The van der Waals surface area contributed by atoms with Crippen molar-refractivity contribution in [1.82, 2.24) is 0 Å². The van der Waals surface area contributed by atoms with Crippen molar-refractivity contribution in [3.63, 3.8) is 0 Å². The zero-order valence-corrected chi connectivity index (χ0v) is 22.1. The molecule has 1 unspecified atom stereocenters. The van der Waals surface area contributed by atoms with E-state index in [0.717, 1.165) is 32.1 Å². The molecule has 190 valence electrons. The van der Waals surface area contributed by atoms with Crippen LogP contribution in [-0.4, -0.2) is 24.6 Å². The monoisotopic (exact) mass is 454 g/mol. The summed E-state index contributed by atoms with van der Waals surface area (Å²) in [5.74, 6) is -0.813. The maximum absolute atomic E-state index is 12.9. The molecule has 0 rings (SSSR count). The van der Waals surface area contributed by atoms with Crippen molar-refractivity contribution < 1.29 is 19.1 Å². The summed E-state index contributed by atoms with van der Waals surface area (Å²) >= 11 is 0. The minimum atomic E-state index is -1.16. The first-order chi connectivity index (χ1) is 15.5. The zero-order chi connectivity index (χ0) is 24.1. The fourth-order valence-corrected chi connectivity index (χ4v) is 4.19. The molecule has 0 fully saturated rings. The SMILES string of the molecule is CCCCCCCCCCCCCOC(=O)C(CC)(CC)C(=O)OC(C)CCCCCC. The van der Waals surface area contributed by atoms with E-state index in [2.05, 4.69) is 13.8 Å². The van der Waals surface area contributed by atoms with Gasteiger partial charge in [-0.05, 0) is 39.0 Å². The fraction of sp³-hybridized carbons (Fsp3) is 0.929. The third-order valence-corrected chi connectivity index (χ3v) is 6.74. The van der Waals surface area contributed by atoms with Crippen molar-refractivity contribution in [2.24, 2.45) is 5.41 Å². The van der Waals surface area contributed by atoms with Crippen molar-refractivity contribution in [1.29, 1.82) is 0 Å². The molecule has 32 heavy (non-hydrogen) atoms. The molecule has 0 aliphatic carbocycles. The second kappa shape index (κ2) is 20.5. The van der Waals surface area contributed by atoms with Crippen LogP contribution in [0.25, 0.3) is 0 Å². The summed E-state index contributed by atoms with van der Waals surface area (Å²) in [6.07, 6.45) is 20.0. The largest absolute Gasteiger partial charge is 0.465 e. The topological polar surface area (TPSA) is 52.6 Å². The maximum atomic E-state index is 12.9. The van der Waals surface area contributed by atoms with E-state index in [4.69, 9.17) is 9.47 Å². The summed E-state index contributed by atoms with van der Waals surface area (Å²) in [6.45, 7) is 10.5. The Hall–Kier alpha value is -1.06. The van der Waals surface area contributed by atoms with Crippen molar-refractivity contribution in [2.75, 3.05) is 6.61 Å². The van der Waals surface area contributed by atoms with E-state index in [9.17, 15) is 9.59 Å². The summed E-state index contributed by atoms with van der Waals surface area (Å²) in [5.41, 5.74) is -1.16. The van der Waals surface area contributed by atoms with E-state index in [-0.39, 0.29) is 6.10 Å². The van der Waals surface area contributed by atoms with Crippen molar-refractivity contribution >= 4 is 11.9 Å². The molecule has 4 heteroatoms. The smallest absolute Gasteiger partial charge is 0.323 e. The average molecular weight is 455 g/mol. The zero-order valence-electron chi connectivity index (χ0n) is 22.1. The number of carbonyl (C=O) groups excluding carboxylic acids is 2. The Balaban J connectivity index is 4.13. The van der Waals surface area contributed by atoms with Crippen LogP contribution in [0.15, 0.2) is 0 Å². The highest BCUT2D eigenvalue weighted by Gasteiger charge is 2.46. The molecule has 0 aliphatic heterocycles. The molecule has 0 saturated heterocycles. The molecule has 4 nitrogen and oxygen atoms in total. The predicted molar refractivity (Wildman–Crippen MR) is 135 cm³/mol. The minimum absolute atomic E-state index is 0.156. The van der Waals surface area contributed by atoms with E-state index in [1.165, 1.54) is 70.6 Å². The van der Waals surface area contributed by atoms with Crippen LogP contribution in [-0.2, 0) is 19.1 Å². The number of hydrogen-bond donors (Lipinski definition) is 0.